The highest BCUT2D eigenvalue weighted by Gasteiger charge is 2.19. The molecule has 0 saturated carbocycles. The lowest BCUT2D eigenvalue weighted by Gasteiger charge is -2.13. The number of rotatable bonds is 10. The third kappa shape index (κ3) is 8.51. The maximum Gasteiger partial charge on any atom is 0.326 e. The molecule has 0 saturated heterocycles. The monoisotopic (exact) mass is 261 g/mol. The van der Waals surface area contributed by atoms with Crippen LogP contribution in [0.3, 0.4) is 0 Å². The van der Waals surface area contributed by atoms with E-state index >= 15 is 0 Å². The molecule has 18 heavy (non-hydrogen) atoms. The number of amides is 1. The van der Waals surface area contributed by atoms with Gasteiger partial charge in [0.05, 0.1) is 0 Å². The zero-order valence-electron chi connectivity index (χ0n) is 10.3. The summed E-state index contributed by atoms with van der Waals surface area (Å²) >= 11 is 0. The molecule has 7 nitrogen and oxygen atoms in total. The summed E-state index contributed by atoms with van der Waals surface area (Å²) in [5.41, 5.74) is 0. The van der Waals surface area contributed by atoms with E-state index in [0.717, 1.165) is 6.42 Å². The molecular weight excluding hydrogens is 242 g/mol. The summed E-state index contributed by atoms with van der Waals surface area (Å²) in [6.07, 6.45) is 0.934. The van der Waals surface area contributed by atoms with Crippen molar-refractivity contribution in [2.75, 3.05) is 13.2 Å². The Labute approximate surface area is 105 Å². The molecule has 0 aromatic heterocycles. The van der Waals surface area contributed by atoms with Gasteiger partial charge in [-0.3, -0.25) is 9.59 Å². The Morgan fingerprint density at radius 2 is 1.94 bits per heavy atom. The molecule has 0 aliphatic heterocycles. The van der Waals surface area contributed by atoms with Gasteiger partial charge in [-0.05, 0) is 19.3 Å². The number of ether oxygens (including phenoxy) is 1. The van der Waals surface area contributed by atoms with Crippen molar-refractivity contribution in [3.63, 3.8) is 0 Å². The summed E-state index contributed by atoms with van der Waals surface area (Å²) in [6, 6.07) is -1.07. The minimum atomic E-state index is -1.18. The standard InChI is InChI=1S/C11H19NO6/c1-2-6-18-7-9(13)12-8(11(16)17)4-3-5-10(14)15/h8H,2-7H2,1H3,(H,12,13)(H,14,15)(H,16,17)/t8-/m1/s1. The Hall–Kier alpha value is -1.63. The van der Waals surface area contributed by atoms with Gasteiger partial charge in [0.2, 0.25) is 5.91 Å². The van der Waals surface area contributed by atoms with Crippen LogP contribution in [0.1, 0.15) is 32.6 Å². The molecular formula is C11H19NO6. The average molecular weight is 261 g/mol. The van der Waals surface area contributed by atoms with Crippen molar-refractivity contribution in [1.29, 1.82) is 0 Å². The average Bonchev–Trinajstić information content (AvgIpc) is 2.27. The number of carbonyl (C=O) groups is 3. The van der Waals surface area contributed by atoms with E-state index in [1.54, 1.807) is 0 Å². The first-order valence-corrected chi connectivity index (χ1v) is 5.79. The van der Waals surface area contributed by atoms with Gasteiger partial charge in [0.25, 0.3) is 0 Å². The van der Waals surface area contributed by atoms with E-state index in [1.807, 2.05) is 6.92 Å². The number of carbonyl (C=O) groups excluding carboxylic acids is 1. The van der Waals surface area contributed by atoms with Crippen molar-refractivity contribution in [3.05, 3.63) is 0 Å². The van der Waals surface area contributed by atoms with E-state index in [9.17, 15) is 14.4 Å². The fraction of sp³-hybridized carbons (Fsp3) is 0.727. The minimum Gasteiger partial charge on any atom is -0.481 e. The number of aliphatic carboxylic acids is 2. The van der Waals surface area contributed by atoms with Gasteiger partial charge in [0, 0.05) is 13.0 Å². The van der Waals surface area contributed by atoms with Crippen LogP contribution in [0.15, 0.2) is 0 Å². The van der Waals surface area contributed by atoms with Crippen LogP contribution in [0.2, 0.25) is 0 Å². The van der Waals surface area contributed by atoms with Crippen molar-refractivity contribution < 1.29 is 29.3 Å². The van der Waals surface area contributed by atoms with Crippen molar-refractivity contribution in [2.24, 2.45) is 0 Å². The Morgan fingerprint density at radius 1 is 1.28 bits per heavy atom. The molecule has 0 aromatic rings. The van der Waals surface area contributed by atoms with Crippen LogP contribution in [-0.4, -0.2) is 47.3 Å². The molecule has 0 aliphatic rings. The molecule has 0 unspecified atom stereocenters. The highest BCUT2D eigenvalue weighted by atomic mass is 16.5. The second-order valence-electron chi connectivity index (χ2n) is 3.80. The van der Waals surface area contributed by atoms with Gasteiger partial charge in [-0.15, -0.1) is 0 Å². The number of carboxylic acid groups (broad SMARTS) is 2. The topological polar surface area (TPSA) is 113 Å². The van der Waals surface area contributed by atoms with Crippen molar-refractivity contribution in [3.8, 4) is 0 Å². The number of nitrogens with one attached hydrogen (secondary N) is 1. The first kappa shape index (κ1) is 16.4. The molecule has 0 spiro atoms. The Bertz CT molecular complexity index is 291. The molecule has 3 N–H and O–H groups in total. The van der Waals surface area contributed by atoms with Gasteiger partial charge in [0.1, 0.15) is 12.6 Å². The predicted molar refractivity (Wildman–Crippen MR) is 62.2 cm³/mol. The van der Waals surface area contributed by atoms with Crippen molar-refractivity contribution >= 4 is 17.8 Å². The van der Waals surface area contributed by atoms with Crippen molar-refractivity contribution in [1.82, 2.24) is 5.32 Å². The fourth-order valence-corrected chi connectivity index (χ4v) is 1.26. The van der Waals surface area contributed by atoms with E-state index in [0.29, 0.717) is 6.61 Å². The van der Waals surface area contributed by atoms with Crippen LogP contribution in [0.25, 0.3) is 0 Å². The number of hydrogen-bond donors (Lipinski definition) is 3. The zero-order valence-corrected chi connectivity index (χ0v) is 10.3. The second kappa shape index (κ2) is 9.41. The van der Waals surface area contributed by atoms with E-state index < -0.39 is 23.9 Å². The maximum absolute atomic E-state index is 11.3. The molecule has 0 aliphatic carbocycles. The normalized spacial score (nSPS) is 11.8. The highest BCUT2D eigenvalue weighted by molar-refractivity contribution is 5.84. The Balaban J connectivity index is 3.99. The lowest BCUT2D eigenvalue weighted by Crippen LogP contribution is -2.42. The number of hydrogen-bond acceptors (Lipinski definition) is 4. The predicted octanol–water partition coefficient (Wildman–Crippen LogP) is 0.237. The summed E-state index contributed by atoms with van der Waals surface area (Å²) in [5.74, 6) is -2.67. The molecule has 0 aromatic carbocycles. The first-order valence-electron chi connectivity index (χ1n) is 5.79. The molecule has 0 rings (SSSR count). The van der Waals surface area contributed by atoms with Crippen LogP contribution in [0.5, 0.6) is 0 Å². The summed E-state index contributed by atoms with van der Waals surface area (Å²) in [7, 11) is 0. The molecule has 0 heterocycles. The summed E-state index contributed by atoms with van der Waals surface area (Å²) in [6.45, 7) is 2.14. The molecule has 1 atom stereocenters. The maximum atomic E-state index is 11.3. The second-order valence-corrected chi connectivity index (χ2v) is 3.80. The van der Waals surface area contributed by atoms with E-state index in [2.05, 4.69) is 5.32 Å². The van der Waals surface area contributed by atoms with Crippen LogP contribution in [0, 0.1) is 0 Å². The fourth-order valence-electron chi connectivity index (χ4n) is 1.26. The van der Waals surface area contributed by atoms with E-state index in [-0.39, 0.29) is 25.9 Å². The quantitative estimate of drug-likeness (QED) is 0.485. The third-order valence-electron chi connectivity index (χ3n) is 2.10. The van der Waals surface area contributed by atoms with Gasteiger partial charge >= 0.3 is 11.9 Å². The molecule has 0 fully saturated rings. The molecule has 0 radical (unpaired) electrons. The van der Waals surface area contributed by atoms with Gasteiger partial charge in [0.15, 0.2) is 0 Å². The first-order chi connectivity index (χ1) is 8.47. The van der Waals surface area contributed by atoms with Crippen LogP contribution in [0.4, 0.5) is 0 Å². The summed E-state index contributed by atoms with van der Waals surface area (Å²) in [5, 5.41) is 19.6. The van der Waals surface area contributed by atoms with E-state index in [1.165, 1.54) is 0 Å². The summed E-state index contributed by atoms with van der Waals surface area (Å²) in [4.78, 5) is 32.4. The zero-order chi connectivity index (χ0) is 14.0. The molecule has 1 amide bonds. The van der Waals surface area contributed by atoms with Gasteiger partial charge in [-0.1, -0.05) is 6.92 Å². The highest BCUT2D eigenvalue weighted by Crippen LogP contribution is 2.01. The van der Waals surface area contributed by atoms with Crippen LogP contribution >= 0.6 is 0 Å². The Kier molecular flexibility index (Phi) is 8.55. The molecule has 7 heteroatoms. The summed E-state index contributed by atoms with van der Waals surface area (Å²) < 4.78 is 4.97. The molecule has 104 valence electrons. The van der Waals surface area contributed by atoms with Crippen LogP contribution < -0.4 is 5.32 Å². The lowest BCUT2D eigenvalue weighted by molar-refractivity contribution is -0.143. The third-order valence-corrected chi connectivity index (χ3v) is 2.10. The van der Waals surface area contributed by atoms with Gasteiger partial charge in [-0.25, -0.2) is 4.79 Å². The lowest BCUT2D eigenvalue weighted by atomic mass is 10.1. The van der Waals surface area contributed by atoms with Gasteiger partial charge < -0.3 is 20.3 Å². The van der Waals surface area contributed by atoms with E-state index in [4.69, 9.17) is 14.9 Å². The largest absolute Gasteiger partial charge is 0.481 e. The van der Waals surface area contributed by atoms with Crippen molar-refractivity contribution in [2.45, 2.75) is 38.6 Å². The molecule has 0 bridgehead atoms. The SMILES string of the molecule is CCCOCC(=O)N[C@H](CCCC(=O)O)C(=O)O. The van der Waals surface area contributed by atoms with Crippen LogP contribution in [-0.2, 0) is 19.1 Å². The number of carboxylic acids is 2. The minimum absolute atomic E-state index is 0.0845. The Morgan fingerprint density at radius 3 is 2.44 bits per heavy atom. The van der Waals surface area contributed by atoms with Gasteiger partial charge in [-0.2, -0.15) is 0 Å². The smallest absolute Gasteiger partial charge is 0.326 e.